The summed E-state index contributed by atoms with van der Waals surface area (Å²) in [4.78, 5) is 32.5. The van der Waals surface area contributed by atoms with E-state index in [9.17, 15) is 0 Å². The third-order valence-electron chi connectivity index (χ3n) is 4.55. The summed E-state index contributed by atoms with van der Waals surface area (Å²) in [6.07, 6.45) is 7.74. The van der Waals surface area contributed by atoms with E-state index in [0.717, 1.165) is 17.1 Å². The molecule has 0 aromatic heterocycles. The quantitative estimate of drug-likeness (QED) is 0.774. The highest BCUT2D eigenvalue weighted by Crippen LogP contribution is 2.46. The lowest BCUT2D eigenvalue weighted by atomic mass is 9.81. The topological polar surface area (TPSA) is 89.5 Å². The van der Waals surface area contributed by atoms with E-state index >= 15 is 0 Å². The Morgan fingerprint density at radius 2 is 1.78 bits per heavy atom. The van der Waals surface area contributed by atoms with Crippen LogP contribution in [0.3, 0.4) is 0 Å². The maximum Gasteiger partial charge on any atom is 0.373 e. The molecule has 6 nitrogen and oxygen atoms in total. The SMILES string of the molecule is C=CC[C@H](Nc1ccc(Cl)cc1)C12C=CC(O1)C(C)=C2C.O=C=O.O=C=O. The largest absolute Gasteiger partial charge is 0.378 e. The van der Waals surface area contributed by atoms with Gasteiger partial charge in [-0.3, -0.25) is 0 Å². The van der Waals surface area contributed by atoms with E-state index in [1.54, 1.807) is 0 Å². The summed E-state index contributed by atoms with van der Waals surface area (Å²) in [5, 5.41) is 4.32. The van der Waals surface area contributed by atoms with Crippen LogP contribution in [0.2, 0.25) is 5.02 Å². The standard InChI is InChI=1S/C18H20ClNO.2CO2/c1-4-5-17(20-15-8-6-14(19)7-9-15)18-11-10-16(21-18)12(2)13(18)3;2*2-1-3/h4,6-11,16-17,20H,1,5H2,2-3H3;;/t16?,17-,18?;;/m0../s1. The van der Waals surface area contributed by atoms with Gasteiger partial charge in [0.1, 0.15) is 5.60 Å². The van der Waals surface area contributed by atoms with Crippen molar-refractivity contribution in [3.63, 3.8) is 0 Å². The first-order valence-electron chi connectivity index (χ1n) is 8.06. The van der Waals surface area contributed by atoms with Gasteiger partial charge in [-0.05, 0) is 61.8 Å². The fourth-order valence-corrected chi connectivity index (χ4v) is 3.33. The smallest absolute Gasteiger partial charge is 0.373 e. The van der Waals surface area contributed by atoms with Gasteiger partial charge in [0.25, 0.3) is 0 Å². The van der Waals surface area contributed by atoms with Crippen molar-refractivity contribution in [3.05, 3.63) is 65.2 Å². The van der Waals surface area contributed by atoms with E-state index in [4.69, 9.17) is 35.5 Å². The van der Waals surface area contributed by atoms with Crippen molar-refractivity contribution in [2.75, 3.05) is 5.32 Å². The molecular formula is C20H20ClNO5. The molecule has 0 spiro atoms. The van der Waals surface area contributed by atoms with E-state index in [1.807, 2.05) is 30.3 Å². The van der Waals surface area contributed by atoms with Crippen LogP contribution in [-0.4, -0.2) is 30.0 Å². The number of ether oxygens (including phenoxy) is 1. The fourth-order valence-electron chi connectivity index (χ4n) is 3.20. The van der Waals surface area contributed by atoms with Gasteiger partial charge in [-0.2, -0.15) is 19.2 Å². The normalized spacial score (nSPS) is 22.4. The van der Waals surface area contributed by atoms with E-state index in [2.05, 4.69) is 37.9 Å². The third-order valence-corrected chi connectivity index (χ3v) is 4.80. The van der Waals surface area contributed by atoms with Crippen LogP contribution in [0.25, 0.3) is 0 Å². The van der Waals surface area contributed by atoms with Crippen LogP contribution in [0.5, 0.6) is 0 Å². The Morgan fingerprint density at radius 3 is 2.22 bits per heavy atom. The number of rotatable bonds is 5. The Bertz CT molecular complexity index is 775. The number of benzene rings is 1. The number of anilines is 1. The third kappa shape index (κ3) is 5.13. The zero-order chi connectivity index (χ0) is 20.4. The Balaban J connectivity index is 0.000000540. The van der Waals surface area contributed by atoms with Crippen LogP contribution in [0.4, 0.5) is 5.69 Å². The molecule has 1 aromatic rings. The fraction of sp³-hybridized carbons (Fsp3) is 0.300. The number of nitrogens with one attached hydrogen (secondary N) is 1. The molecule has 0 saturated carbocycles. The van der Waals surface area contributed by atoms with Crippen LogP contribution < -0.4 is 5.32 Å². The van der Waals surface area contributed by atoms with E-state index in [-0.39, 0.29) is 30.0 Å². The molecule has 2 heterocycles. The van der Waals surface area contributed by atoms with E-state index in [0.29, 0.717) is 0 Å². The summed E-state index contributed by atoms with van der Waals surface area (Å²) in [7, 11) is 0. The summed E-state index contributed by atoms with van der Waals surface area (Å²) >= 11 is 5.95. The van der Waals surface area contributed by atoms with Crippen LogP contribution >= 0.6 is 11.6 Å². The molecule has 1 N–H and O–H groups in total. The van der Waals surface area contributed by atoms with Crippen molar-refractivity contribution >= 4 is 29.6 Å². The summed E-state index contributed by atoms with van der Waals surface area (Å²) < 4.78 is 6.27. The maximum atomic E-state index is 8.12. The molecule has 0 saturated heterocycles. The zero-order valence-corrected chi connectivity index (χ0v) is 15.8. The molecule has 1 aromatic carbocycles. The van der Waals surface area contributed by atoms with Gasteiger partial charge in [0.2, 0.25) is 0 Å². The Morgan fingerprint density at radius 1 is 1.22 bits per heavy atom. The Hall–Kier alpha value is -2.75. The van der Waals surface area contributed by atoms with Crippen LogP contribution in [0, 0.1) is 0 Å². The minimum Gasteiger partial charge on any atom is -0.378 e. The Labute approximate surface area is 162 Å². The minimum absolute atomic E-state index is 0.120. The predicted octanol–water partition coefficient (Wildman–Crippen LogP) is 3.57. The predicted molar refractivity (Wildman–Crippen MR) is 98.8 cm³/mol. The Kier molecular flexibility index (Phi) is 8.60. The highest BCUT2D eigenvalue weighted by molar-refractivity contribution is 6.30. The van der Waals surface area contributed by atoms with Crippen molar-refractivity contribution in [2.24, 2.45) is 0 Å². The molecular weight excluding hydrogens is 370 g/mol. The monoisotopic (exact) mass is 389 g/mol. The molecule has 2 aliphatic heterocycles. The second-order valence-electron chi connectivity index (χ2n) is 5.89. The minimum atomic E-state index is -0.359. The number of hydrogen-bond acceptors (Lipinski definition) is 6. The molecule has 3 atom stereocenters. The highest BCUT2D eigenvalue weighted by atomic mass is 35.5. The second-order valence-corrected chi connectivity index (χ2v) is 6.33. The van der Waals surface area contributed by atoms with Gasteiger partial charge < -0.3 is 10.1 Å². The molecule has 3 rings (SSSR count). The molecule has 2 unspecified atom stereocenters. The molecule has 27 heavy (non-hydrogen) atoms. The van der Waals surface area contributed by atoms with E-state index in [1.165, 1.54) is 11.1 Å². The van der Waals surface area contributed by atoms with Gasteiger partial charge in [0.05, 0.1) is 12.1 Å². The van der Waals surface area contributed by atoms with Crippen molar-refractivity contribution in [2.45, 2.75) is 38.0 Å². The molecule has 142 valence electrons. The lowest BCUT2D eigenvalue weighted by Gasteiger charge is -2.35. The number of hydrogen-bond donors (Lipinski definition) is 1. The van der Waals surface area contributed by atoms with Crippen molar-refractivity contribution in [1.82, 2.24) is 0 Å². The van der Waals surface area contributed by atoms with Crippen LogP contribution in [0.15, 0.2) is 60.2 Å². The first kappa shape index (κ1) is 22.3. The highest BCUT2D eigenvalue weighted by Gasteiger charge is 2.50. The molecule has 0 aliphatic carbocycles. The maximum absolute atomic E-state index is 8.12. The second kappa shape index (κ2) is 10.4. The molecule has 0 radical (unpaired) electrons. The van der Waals surface area contributed by atoms with Crippen molar-refractivity contribution in [1.29, 1.82) is 0 Å². The van der Waals surface area contributed by atoms with Gasteiger partial charge in [-0.25, -0.2) is 0 Å². The average Bonchev–Trinajstić information content (AvgIpc) is 3.18. The van der Waals surface area contributed by atoms with Crippen LogP contribution in [-0.2, 0) is 23.9 Å². The van der Waals surface area contributed by atoms with E-state index < -0.39 is 0 Å². The molecule has 0 fully saturated rings. The zero-order valence-electron chi connectivity index (χ0n) is 15.0. The van der Waals surface area contributed by atoms with Gasteiger partial charge >= 0.3 is 12.3 Å². The van der Waals surface area contributed by atoms with Crippen molar-refractivity contribution < 1.29 is 23.9 Å². The van der Waals surface area contributed by atoms with Gasteiger partial charge in [-0.1, -0.05) is 23.8 Å². The first-order valence-corrected chi connectivity index (χ1v) is 8.44. The number of carbonyl (C=O) groups excluding carboxylic acids is 4. The summed E-state index contributed by atoms with van der Waals surface area (Å²) in [6.45, 7) is 8.21. The summed E-state index contributed by atoms with van der Waals surface area (Å²) in [5.74, 6) is 0. The number of halogens is 1. The first-order chi connectivity index (χ1) is 12.9. The van der Waals surface area contributed by atoms with Crippen molar-refractivity contribution in [3.8, 4) is 0 Å². The summed E-state index contributed by atoms with van der Waals surface area (Å²) in [6, 6.07) is 7.89. The lowest BCUT2D eigenvalue weighted by molar-refractivity contribution is -0.193. The average molecular weight is 390 g/mol. The van der Waals surface area contributed by atoms with Gasteiger partial charge in [0, 0.05) is 10.7 Å². The molecule has 2 aliphatic rings. The molecule has 7 heteroatoms. The summed E-state index contributed by atoms with van der Waals surface area (Å²) in [5.41, 5.74) is 3.31. The van der Waals surface area contributed by atoms with Gasteiger partial charge in [0.15, 0.2) is 0 Å². The lowest BCUT2D eigenvalue weighted by Crippen LogP contribution is -2.45. The van der Waals surface area contributed by atoms with Crippen LogP contribution in [0.1, 0.15) is 20.3 Å². The molecule has 2 bridgehead atoms. The number of fused-ring (bicyclic) bond motifs is 2. The van der Waals surface area contributed by atoms with Gasteiger partial charge in [-0.15, -0.1) is 6.58 Å². The molecule has 0 amide bonds.